The molecule has 0 unspecified atom stereocenters. The van der Waals surface area contributed by atoms with Gasteiger partial charge in [-0.2, -0.15) is 0 Å². The number of rotatable bonds is 4. The molecule has 1 N–H and O–H groups in total. The van der Waals surface area contributed by atoms with Crippen LogP contribution in [0.5, 0.6) is 0 Å². The molecule has 0 saturated carbocycles. The van der Waals surface area contributed by atoms with E-state index in [9.17, 15) is 9.59 Å². The fourth-order valence-electron chi connectivity index (χ4n) is 3.13. The molecule has 0 heterocycles. The Morgan fingerprint density at radius 3 is 2.56 bits per heavy atom. The molecule has 5 nitrogen and oxygen atoms in total. The molecule has 0 saturated heterocycles. The van der Waals surface area contributed by atoms with Crippen LogP contribution >= 0.6 is 0 Å². The average Bonchev–Trinajstić information content (AvgIpc) is 2.62. The summed E-state index contributed by atoms with van der Waals surface area (Å²) in [6.07, 6.45) is 0.561. The third-order valence-electron chi connectivity index (χ3n) is 4.26. The van der Waals surface area contributed by atoms with E-state index in [0.717, 1.165) is 23.1 Å². The van der Waals surface area contributed by atoms with Crippen molar-refractivity contribution in [3.05, 3.63) is 71.3 Å². The van der Waals surface area contributed by atoms with Crippen LogP contribution in [0.25, 0.3) is 0 Å². The lowest BCUT2D eigenvalue weighted by molar-refractivity contribution is -0.148. The smallest absolute Gasteiger partial charge is 0.408 e. The quantitative estimate of drug-likeness (QED) is 0.866. The number of amides is 1. The predicted molar refractivity (Wildman–Crippen MR) is 92.8 cm³/mol. The highest BCUT2D eigenvalue weighted by Crippen LogP contribution is 2.32. The minimum Gasteiger partial charge on any atom is -0.460 e. The first-order valence-corrected chi connectivity index (χ1v) is 8.35. The molecular weight excluding hydrogens is 318 g/mol. The van der Waals surface area contributed by atoms with Crippen molar-refractivity contribution in [2.75, 3.05) is 0 Å². The Labute approximate surface area is 147 Å². The second-order valence-corrected chi connectivity index (χ2v) is 6.07. The van der Waals surface area contributed by atoms with Gasteiger partial charge in [0.05, 0.1) is 6.04 Å². The molecule has 2 aromatic rings. The molecule has 3 rings (SSSR count). The molecule has 0 spiro atoms. The first kappa shape index (κ1) is 17.0. The third-order valence-corrected chi connectivity index (χ3v) is 4.26. The summed E-state index contributed by atoms with van der Waals surface area (Å²) in [6, 6.07) is 16.9. The average molecular weight is 339 g/mol. The van der Waals surface area contributed by atoms with E-state index in [0.29, 0.717) is 6.42 Å². The Morgan fingerprint density at radius 2 is 1.80 bits per heavy atom. The molecule has 130 valence electrons. The zero-order valence-electron chi connectivity index (χ0n) is 14.1. The Bertz CT molecular complexity index is 744. The van der Waals surface area contributed by atoms with Crippen LogP contribution in [0.1, 0.15) is 36.1 Å². The van der Waals surface area contributed by atoms with E-state index in [2.05, 4.69) is 5.32 Å². The summed E-state index contributed by atoms with van der Waals surface area (Å²) in [4.78, 5) is 23.7. The van der Waals surface area contributed by atoms with Gasteiger partial charge in [0.15, 0.2) is 0 Å². The molecule has 0 aliphatic heterocycles. The summed E-state index contributed by atoms with van der Waals surface area (Å²) in [7, 11) is 0. The van der Waals surface area contributed by atoms with Crippen LogP contribution in [0.2, 0.25) is 0 Å². The summed E-state index contributed by atoms with van der Waals surface area (Å²) < 4.78 is 10.7. The second kappa shape index (κ2) is 7.83. The summed E-state index contributed by atoms with van der Waals surface area (Å²) in [5, 5.41) is 2.86. The van der Waals surface area contributed by atoms with Crippen LogP contribution in [0.15, 0.2) is 54.6 Å². The van der Waals surface area contributed by atoms with Crippen molar-refractivity contribution in [3.63, 3.8) is 0 Å². The number of benzene rings is 2. The molecule has 0 aromatic heterocycles. The number of aryl methyl sites for hydroxylation is 1. The van der Waals surface area contributed by atoms with Crippen LogP contribution in [0, 0.1) is 0 Å². The Morgan fingerprint density at radius 1 is 1.08 bits per heavy atom. The van der Waals surface area contributed by atoms with Gasteiger partial charge in [-0.25, -0.2) is 4.79 Å². The molecule has 2 atom stereocenters. The molecule has 2 aromatic carbocycles. The van der Waals surface area contributed by atoms with Gasteiger partial charge in [0.25, 0.3) is 0 Å². The topological polar surface area (TPSA) is 64.6 Å². The van der Waals surface area contributed by atoms with E-state index in [4.69, 9.17) is 9.47 Å². The summed E-state index contributed by atoms with van der Waals surface area (Å²) in [6.45, 7) is 1.57. The molecule has 25 heavy (non-hydrogen) atoms. The zero-order valence-corrected chi connectivity index (χ0v) is 14.1. The van der Waals surface area contributed by atoms with Crippen molar-refractivity contribution in [3.8, 4) is 0 Å². The van der Waals surface area contributed by atoms with Gasteiger partial charge < -0.3 is 14.8 Å². The molecule has 0 fully saturated rings. The summed E-state index contributed by atoms with van der Waals surface area (Å²) in [5.41, 5.74) is 3.04. The zero-order chi connectivity index (χ0) is 17.6. The van der Waals surface area contributed by atoms with Gasteiger partial charge in [-0.15, -0.1) is 0 Å². The van der Waals surface area contributed by atoms with Gasteiger partial charge in [0.1, 0.15) is 12.7 Å². The lowest BCUT2D eigenvalue weighted by Crippen LogP contribution is -2.41. The number of carbonyl (C=O) groups is 2. The fraction of sp³-hybridized carbons (Fsp3) is 0.300. The maximum atomic E-state index is 12.3. The van der Waals surface area contributed by atoms with Crippen molar-refractivity contribution in [2.24, 2.45) is 0 Å². The fourth-order valence-corrected chi connectivity index (χ4v) is 3.13. The minimum atomic E-state index is -0.525. The van der Waals surface area contributed by atoms with E-state index in [-0.39, 0.29) is 12.6 Å². The highest BCUT2D eigenvalue weighted by Gasteiger charge is 2.33. The molecule has 5 heteroatoms. The van der Waals surface area contributed by atoms with Crippen LogP contribution in [0.4, 0.5) is 4.79 Å². The molecule has 0 radical (unpaired) electrons. The summed E-state index contributed by atoms with van der Waals surface area (Å²) in [5.74, 6) is -0.353. The maximum absolute atomic E-state index is 12.3. The lowest BCUT2D eigenvalue weighted by atomic mass is 9.85. The van der Waals surface area contributed by atoms with Gasteiger partial charge in [-0.3, -0.25) is 4.79 Å². The number of nitrogens with one attached hydrogen (secondary N) is 1. The first-order chi connectivity index (χ1) is 12.1. The SMILES string of the molecule is CC(=O)O[C@@H]1CCc2ccccc2[C@H]1NC(=O)OCc1ccccc1. The van der Waals surface area contributed by atoms with E-state index in [1.165, 1.54) is 6.92 Å². The Hall–Kier alpha value is -2.82. The van der Waals surface area contributed by atoms with Crippen molar-refractivity contribution in [1.29, 1.82) is 0 Å². The maximum Gasteiger partial charge on any atom is 0.408 e. The number of hydrogen-bond donors (Lipinski definition) is 1. The van der Waals surface area contributed by atoms with Crippen LogP contribution in [0.3, 0.4) is 0 Å². The Kier molecular flexibility index (Phi) is 5.33. The Balaban J connectivity index is 1.70. The van der Waals surface area contributed by atoms with Gasteiger partial charge in [-0.1, -0.05) is 54.6 Å². The minimum absolute atomic E-state index is 0.194. The highest BCUT2D eigenvalue weighted by molar-refractivity contribution is 5.69. The van der Waals surface area contributed by atoms with Gasteiger partial charge in [0.2, 0.25) is 0 Å². The third kappa shape index (κ3) is 4.38. The van der Waals surface area contributed by atoms with Crippen molar-refractivity contribution in [1.82, 2.24) is 5.32 Å². The van der Waals surface area contributed by atoms with Gasteiger partial charge in [-0.05, 0) is 29.5 Å². The van der Waals surface area contributed by atoms with Crippen molar-refractivity contribution >= 4 is 12.1 Å². The molecule has 1 aliphatic rings. The molecule has 1 aliphatic carbocycles. The van der Waals surface area contributed by atoms with E-state index in [1.54, 1.807) is 0 Å². The number of hydrogen-bond acceptors (Lipinski definition) is 4. The number of alkyl carbamates (subject to hydrolysis) is 1. The number of ether oxygens (including phenoxy) is 2. The van der Waals surface area contributed by atoms with E-state index >= 15 is 0 Å². The van der Waals surface area contributed by atoms with Gasteiger partial charge >= 0.3 is 12.1 Å². The number of esters is 1. The van der Waals surface area contributed by atoms with Crippen molar-refractivity contribution < 1.29 is 19.1 Å². The van der Waals surface area contributed by atoms with Gasteiger partial charge in [0, 0.05) is 6.92 Å². The first-order valence-electron chi connectivity index (χ1n) is 8.35. The standard InChI is InChI=1S/C20H21NO4/c1-14(22)25-18-12-11-16-9-5-6-10-17(16)19(18)21-20(23)24-13-15-7-3-2-4-8-15/h2-10,18-19H,11-13H2,1H3,(H,21,23)/t18-,19-/m1/s1. The van der Waals surface area contributed by atoms with Crippen LogP contribution < -0.4 is 5.32 Å². The van der Waals surface area contributed by atoms with E-state index < -0.39 is 18.2 Å². The second-order valence-electron chi connectivity index (χ2n) is 6.07. The van der Waals surface area contributed by atoms with Crippen LogP contribution in [-0.4, -0.2) is 18.2 Å². The number of fused-ring (bicyclic) bond motifs is 1. The van der Waals surface area contributed by atoms with Crippen LogP contribution in [-0.2, 0) is 27.3 Å². The predicted octanol–water partition coefficient (Wildman–Crippen LogP) is 3.53. The normalized spacial score (nSPS) is 18.8. The monoisotopic (exact) mass is 339 g/mol. The van der Waals surface area contributed by atoms with Crippen molar-refractivity contribution in [2.45, 2.75) is 38.5 Å². The molecule has 0 bridgehead atoms. The molecular formula is C20H21NO4. The molecule has 1 amide bonds. The largest absolute Gasteiger partial charge is 0.460 e. The number of carbonyl (C=O) groups excluding carboxylic acids is 2. The highest BCUT2D eigenvalue weighted by atomic mass is 16.6. The van der Waals surface area contributed by atoms with E-state index in [1.807, 2.05) is 54.6 Å². The summed E-state index contributed by atoms with van der Waals surface area (Å²) >= 11 is 0. The lowest BCUT2D eigenvalue weighted by Gasteiger charge is -2.33.